The molecule has 0 saturated heterocycles. The van der Waals surface area contributed by atoms with E-state index in [0.717, 1.165) is 6.54 Å². The summed E-state index contributed by atoms with van der Waals surface area (Å²) in [6.45, 7) is 3.73. The maximum absolute atomic E-state index is 10.7. The van der Waals surface area contributed by atoms with Gasteiger partial charge in [0.05, 0.1) is 6.04 Å². The molecule has 1 rings (SSSR count). The van der Waals surface area contributed by atoms with Gasteiger partial charge in [0.1, 0.15) is 0 Å². The molecule has 0 aromatic rings. The molecule has 0 spiro atoms. The van der Waals surface area contributed by atoms with Gasteiger partial charge in [-0.1, -0.05) is 26.2 Å². The summed E-state index contributed by atoms with van der Waals surface area (Å²) in [4.78, 5) is 10.7. The average molecular weight is 213 g/mol. The predicted molar refractivity (Wildman–Crippen MR) is 61.2 cm³/mol. The highest BCUT2D eigenvalue weighted by Gasteiger charge is 2.26. The largest absolute Gasteiger partial charge is 0.368 e. The molecule has 4 heteroatoms. The number of primary amides is 1. The molecule has 0 aromatic heterocycles. The van der Waals surface area contributed by atoms with Gasteiger partial charge in [0, 0.05) is 13.1 Å². The first-order valence-electron chi connectivity index (χ1n) is 5.79. The second-order valence-corrected chi connectivity index (χ2v) is 5.01. The van der Waals surface area contributed by atoms with E-state index < -0.39 is 11.9 Å². The summed E-state index contributed by atoms with van der Waals surface area (Å²) < 4.78 is 0. The Labute approximate surface area is 91.8 Å². The third-order valence-electron chi connectivity index (χ3n) is 3.34. The zero-order valence-electron chi connectivity index (χ0n) is 9.59. The maximum atomic E-state index is 10.7. The van der Waals surface area contributed by atoms with Gasteiger partial charge in [0.15, 0.2) is 0 Å². The van der Waals surface area contributed by atoms with Crippen molar-refractivity contribution in [2.24, 2.45) is 16.9 Å². The molecule has 1 amide bonds. The lowest BCUT2D eigenvalue weighted by atomic mass is 9.76. The fourth-order valence-electron chi connectivity index (χ4n) is 2.21. The SMILES string of the molecule is CC1(CNCC(N)C(N)=O)CCCCC1. The molecule has 0 aliphatic heterocycles. The van der Waals surface area contributed by atoms with Crippen molar-refractivity contribution < 1.29 is 4.79 Å². The number of nitrogens with two attached hydrogens (primary N) is 2. The van der Waals surface area contributed by atoms with Crippen LogP contribution in [-0.4, -0.2) is 25.0 Å². The Bertz CT molecular complexity index is 212. The average Bonchev–Trinajstić information content (AvgIpc) is 2.18. The summed E-state index contributed by atoms with van der Waals surface area (Å²) in [5.41, 5.74) is 11.0. The van der Waals surface area contributed by atoms with Crippen LogP contribution < -0.4 is 16.8 Å². The van der Waals surface area contributed by atoms with E-state index in [9.17, 15) is 4.79 Å². The first-order chi connectivity index (χ1) is 7.03. The van der Waals surface area contributed by atoms with Gasteiger partial charge in [-0.15, -0.1) is 0 Å². The highest BCUT2D eigenvalue weighted by atomic mass is 16.1. The van der Waals surface area contributed by atoms with Crippen molar-refractivity contribution in [3.63, 3.8) is 0 Å². The molecule has 1 aliphatic carbocycles. The summed E-state index contributed by atoms with van der Waals surface area (Å²) in [5.74, 6) is -0.434. The fourth-order valence-corrected chi connectivity index (χ4v) is 2.21. The minimum atomic E-state index is -0.558. The molecular formula is C11H23N3O. The van der Waals surface area contributed by atoms with Crippen LogP contribution in [0.5, 0.6) is 0 Å². The number of rotatable bonds is 5. The minimum Gasteiger partial charge on any atom is -0.368 e. The second kappa shape index (κ2) is 5.47. The van der Waals surface area contributed by atoms with Gasteiger partial charge in [-0.05, 0) is 18.3 Å². The number of carbonyl (C=O) groups excluding carboxylic acids is 1. The maximum Gasteiger partial charge on any atom is 0.235 e. The number of hydrogen-bond donors (Lipinski definition) is 3. The molecule has 1 fully saturated rings. The Balaban J connectivity index is 2.21. The molecule has 1 atom stereocenters. The summed E-state index contributed by atoms with van der Waals surface area (Å²) in [5, 5.41) is 3.25. The van der Waals surface area contributed by atoms with Crippen LogP contribution >= 0.6 is 0 Å². The van der Waals surface area contributed by atoms with Crippen LogP contribution in [0.15, 0.2) is 0 Å². The standard InChI is InChI=1S/C11H23N3O/c1-11(5-3-2-4-6-11)8-14-7-9(12)10(13)15/h9,14H,2-8,12H2,1H3,(H2,13,15). The third kappa shape index (κ3) is 4.18. The van der Waals surface area contributed by atoms with Crippen molar-refractivity contribution in [2.75, 3.05) is 13.1 Å². The Kier molecular flexibility index (Phi) is 4.54. The van der Waals surface area contributed by atoms with Gasteiger partial charge >= 0.3 is 0 Å². The van der Waals surface area contributed by atoms with Crippen LogP contribution in [0.2, 0.25) is 0 Å². The van der Waals surface area contributed by atoms with Crippen LogP contribution in [0.3, 0.4) is 0 Å². The van der Waals surface area contributed by atoms with Crippen molar-refractivity contribution in [3.8, 4) is 0 Å². The van der Waals surface area contributed by atoms with Crippen LogP contribution in [0.25, 0.3) is 0 Å². The van der Waals surface area contributed by atoms with Crippen molar-refractivity contribution in [2.45, 2.75) is 45.1 Å². The lowest BCUT2D eigenvalue weighted by Gasteiger charge is -2.34. The highest BCUT2D eigenvalue weighted by molar-refractivity contribution is 5.79. The summed E-state index contributed by atoms with van der Waals surface area (Å²) in [6.07, 6.45) is 6.54. The topological polar surface area (TPSA) is 81.1 Å². The van der Waals surface area contributed by atoms with E-state index in [-0.39, 0.29) is 0 Å². The Hall–Kier alpha value is -0.610. The third-order valence-corrected chi connectivity index (χ3v) is 3.34. The predicted octanol–water partition coefficient (Wildman–Crippen LogP) is 0.359. The zero-order valence-corrected chi connectivity index (χ0v) is 9.59. The summed E-state index contributed by atoms with van der Waals surface area (Å²) >= 11 is 0. The van der Waals surface area contributed by atoms with Crippen LogP contribution in [0.1, 0.15) is 39.0 Å². The molecule has 0 radical (unpaired) electrons. The van der Waals surface area contributed by atoms with E-state index in [4.69, 9.17) is 11.5 Å². The lowest BCUT2D eigenvalue weighted by molar-refractivity contribution is -0.119. The van der Waals surface area contributed by atoms with Crippen LogP contribution in [0, 0.1) is 5.41 Å². The first kappa shape index (κ1) is 12.5. The molecule has 88 valence electrons. The quantitative estimate of drug-likeness (QED) is 0.616. The van der Waals surface area contributed by atoms with Gasteiger partial charge in [0.2, 0.25) is 5.91 Å². The Morgan fingerprint density at radius 1 is 1.40 bits per heavy atom. The normalized spacial score (nSPS) is 22.3. The molecular weight excluding hydrogens is 190 g/mol. The van der Waals surface area contributed by atoms with Gasteiger partial charge < -0.3 is 16.8 Å². The molecule has 0 aromatic carbocycles. The summed E-state index contributed by atoms with van der Waals surface area (Å²) in [6, 6.07) is -0.558. The van der Waals surface area contributed by atoms with Crippen LogP contribution in [-0.2, 0) is 4.79 Å². The van der Waals surface area contributed by atoms with E-state index in [0.29, 0.717) is 12.0 Å². The molecule has 4 nitrogen and oxygen atoms in total. The van der Waals surface area contributed by atoms with E-state index >= 15 is 0 Å². The van der Waals surface area contributed by atoms with Gasteiger partial charge in [-0.25, -0.2) is 0 Å². The van der Waals surface area contributed by atoms with E-state index in [1.165, 1.54) is 32.1 Å². The number of hydrogen-bond acceptors (Lipinski definition) is 3. The van der Waals surface area contributed by atoms with E-state index in [2.05, 4.69) is 12.2 Å². The molecule has 1 aliphatic rings. The minimum absolute atomic E-state index is 0.385. The number of amides is 1. The molecule has 0 bridgehead atoms. The van der Waals surface area contributed by atoms with Gasteiger partial charge in [-0.2, -0.15) is 0 Å². The lowest BCUT2D eigenvalue weighted by Crippen LogP contribution is -2.46. The molecule has 15 heavy (non-hydrogen) atoms. The number of carbonyl (C=O) groups is 1. The first-order valence-corrected chi connectivity index (χ1v) is 5.79. The highest BCUT2D eigenvalue weighted by Crippen LogP contribution is 2.34. The molecule has 5 N–H and O–H groups in total. The van der Waals surface area contributed by atoms with Crippen molar-refractivity contribution in [1.82, 2.24) is 5.32 Å². The van der Waals surface area contributed by atoms with E-state index in [1.54, 1.807) is 0 Å². The van der Waals surface area contributed by atoms with Gasteiger partial charge in [0.25, 0.3) is 0 Å². The van der Waals surface area contributed by atoms with E-state index in [1.807, 2.05) is 0 Å². The molecule has 0 heterocycles. The monoisotopic (exact) mass is 213 g/mol. The van der Waals surface area contributed by atoms with Crippen molar-refractivity contribution >= 4 is 5.91 Å². The summed E-state index contributed by atoms with van der Waals surface area (Å²) in [7, 11) is 0. The van der Waals surface area contributed by atoms with Crippen molar-refractivity contribution in [3.05, 3.63) is 0 Å². The molecule has 1 saturated carbocycles. The Morgan fingerprint density at radius 2 is 2.00 bits per heavy atom. The smallest absolute Gasteiger partial charge is 0.235 e. The number of nitrogens with one attached hydrogen (secondary N) is 1. The van der Waals surface area contributed by atoms with Crippen molar-refractivity contribution in [1.29, 1.82) is 0 Å². The van der Waals surface area contributed by atoms with Gasteiger partial charge in [-0.3, -0.25) is 4.79 Å². The fraction of sp³-hybridized carbons (Fsp3) is 0.909. The van der Waals surface area contributed by atoms with Crippen LogP contribution in [0.4, 0.5) is 0 Å². The second-order valence-electron chi connectivity index (χ2n) is 5.01. The zero-order chi connectivity index (χ0) is 11.3. The Morgan fingerprint density at radius 3 is 2.53 bits per heavy atom. The molecule has 1 unspecified atom stereocenters.